The summed E-state index contributed by atoms with van der Waals surface area (Å²) in [6.07, 6.45) is 6.30. The Morgan fingerprint density at radius 1 is 1.35 bits per heavy atom. The molecule has 0 aromatic carbocycles. The SMILES string of the molecule is CCC(CC)c1c(C(N)=O)ncc(N2CCCC2)c1C. The number of anilines is 1. The Morgan fingerprint density at radius 3 is 2.45 bits per heavy atom. The Bertz CT molecular complexity index is 489. The third-order valence-corrected chi connectivity index (χ3v) is 4.43. The fourth-order valence-corrected chi connectivity index (χ4v) is 3.28. The van der Waals surface area contributed by atoms with Crippen LogP contribution in [0.15, 0.2) is 6.20 Å². The number of carbonyl (C=O) groups excluding carboxylic acids is 1. The lowest BCUT2D eigenvalue weighted by Crippen LogP contribution is -2.23. The van der Waals surface area contributed by atoms with E-state index >= 15 is 0 Å². The van der Waals surface area contributed by atoms with Crippen molar-refractivity contribution in [2.45, 2.75) is 52.4 Å². The largest absolute Gasteiger partial charge is 0.370 e. The fourth-order valence-electron chi connectivity index (χ4n) is 3.28. The van der Waals surface area contributed by atoms with Gasteiger partial charge in [0.2, 0.25) is 0 Å². The lowest BCUT2D eigenvalue weighted by molar-refractivity contribution is 0.0994. The van der Waals surface area contributed by atoms with Crippen molar-refractivity contribution >= 4 is 11.6 Å². The molecule has 0 unspecified atom stereocenters. The van der Waals surface area contributed by atoms with Crippen LogP contribution in [-0.2, 0) is 0 Å². The molecule has 1 aromatic heterocycles. The van der Waals surface area contributed by atoms with Gasteiger partial charge in [0.1, 0.15) is 5.69 Å². The molecule has 0 atom stereocenters. The summed E-state index contributed by atoms with van der Waals surface area (Å²) in [5, 5.41) is 0. The lowest BCUT2D eigenvalue weighted by atomic mass is 9.88. The summed E-state index contributed by atoms with van der Waals surface area (Å²) in [6, 6.07) is 0. The molecule has 0 bridgehead atoms. The summed E-state index contributed by atoms with van der Waals surface area (Å²) < 4.78 is 0. The molecule has 0 saturated carbocycles. The van der Waals surface area contributed by atoms with E-state index in [2.05, 4.69) is 30.7 Å². The summed E-state index contributed by atoms with van der Waals surface area (Å²) >= 11 is 0. The molecular weight excluding hydrogens is 250 g/mol. The third-order valence-electron chi connectivity index (χ3n) is 4.43. The standard InChI is InChI=1S/C16H25N3O/c1-4-12(5-2)14-11(3)13(19-8-6-7-9-19)10-18-15(14)16(17)20/h10,12H,4-9H2,1-3H3,(H2,17,20). The highest BCUT2D eigenvalue weighted by molar-refractivity contribution is 5.93. The zero-order valence-corrected chi connectivity index (χ0v) is 12.8. The van der Waals surface area contributed by atoms with E-state index in [-0.39, 0.29) is 0 Å². The van der Waals surface area contributed by atoms with Crippen molar-refractivity contribution in [3.05, 3.63) is 23.0 Å². The predicted molar refractivity (Wildman–Crippen MR) is 82.3 cm³/mol. The molecule has 1 aromatic rings. The van der Waals surface area contributed by atoms with Crippen LogP contribution in [-0.4, -0.2) is 24.0 Å². The molecule has 20 heavy (non-hydrogen) atoms. The molecule has 1 aliphatic heterocycles. The molecule has 0 radical (unpaired) electrons. The summed E-state index contributed by atoms with van der Waals surface area (Å²) in [6.45, 7) is 8.58. The van der Waals surface area contributed by atoms with E-state index in [4.69, 9.17) is 5.73 Å². The van der Waals surface area contributed by atoms with Gasteiger partial charge >= 0.3 is 0 Å². The maximum atomic E-state index is 11.7. The molecule has 2 rings (SSSR count). The Balaban J connectivity index is 2.53. The average Bonchev–Trinajstić information content (AvgIpc) is 2.95. The van der Waals surface area contributed by atoms with E-state index in [9.17, 15) is 4.79 Å². The van der Waals surface area contributed by atoms with Crippen molar-refractivity contribution in [2.75, 3.05) is 18.0 Å². The topological polar surface area (TPSA) is 59.2 Å². The van der Waals surface area contributed by atoms with Crippen LogP contribution in [0.1, 0.15) is 67.1 Å². The van der Waals surface area contributed by atoms with Crippen molar-refractivity contribution in [3.63, 3.8) is 0 Å². The van der Waals surface area contributed by atoms with Crippen LogP contribution in [0.25, 0.3) is 0 Å². The number of aromatic nitrogens is 1. The zero-order valence-electron chi connectivity index (χ0n) is 12.8. The molecule has 2 heterocycles. The highest BCUT2D eigenvalue weighted by Gasteiger charge is 2.24. The maximum absolute atomic E-state index is 11.7. The van der Waals surface area contributed by atoms with E-state index in [1.54, 1.807) is 0 Å². The molecule has 1 amide bonds. The minimum absolute atomic E-state index is 0.354. The van der Waals surface area contributed by atoms with Crippen molar-refractivity contribution in [1.29, 1.82) is 0 Å². The summed E-state index contributed by atoms with van der Waals surface area (Å²) in [4.78, 5) is 18.4. The number of hydrogen-bond acceptors (Lipinski definition) is 3. The van der Waals surface area contributed by atoms with Gasteiger partial charge in [0.05, 0.1) is 11.9 Å². The lowest BCUT2D eigenvalue weighted by Gasteiger charge is -2.25. The van der Waals surface area contributed by atoms with Crippen molar-refractivity contribution in [2.24, 2.45) is 5.73 Å². The second-order valence-corrected chi connectivity index (χ2v) is 5.60. The first-order valence-electron chi connectivity index (χ1n) is 7.64. The molecule has 1 aliphatic rings. The van der Waals surface area contributed by atoms with Gasteiger partial charge in [0.25, 0.3) is 5.91 Å². The van der Waals surface area contributed by atoms with E-state index in [0.717, 1.165) is 31.5 Å². The van der Waals surface area contributed by atoms with Gasteiger partial charge in [-0.1, -0.05) is 13.8 Å². The second-order valence-electron chi connectivity index (χ2n) is 5.60. The van der Waals surface area contributed by atoms with E-state index < -0.39 is 5.91 Å². The molecule has 110 valence electrons. The van der Waals surface area contributed by atoms with Crippen molar-refractivity contribution in [3.8, 4) is 0 Å². The number of amides is 1. The summed E-state index contributed by atoms with van der Waals surface area (Å²) in [5.41, 5.74) is 9.40. The quantitative estimate of drug-likeness (QED) is 0.898. The maximum Gasteiger partial charge on any atom is 0.267 e. The smallest absolute Gasteiger partial charge is 0.267 e. The number of primary amides is 1. The second kappa shape index (κ2) is 6.25. The van der Waals surface area contributed by atoms with Crippen LogP contribution in [0.2, 0.25) is 0 Å². The Kier molecular flexibility index (Phi) is 4.63. The Hall–Kier alpha value is -1.58. The van der Waals surface area contributed by atoms with Crippen molar-refractivity contribution in [1.82, 2.24) is 4.98 Å². The monoisotopic (exact) mass is 275 g/mol. The zero-order chi connectivity index (χ0) is 14.7. The van der Waals surface area contributed by atoms with E-state index in [0.29, 0.717) is 11.6 Å². The minimum atomic E-state index is -0.414. The van der Waals surface area contributed by atoms with Crippen molar-refractivity contribution < 1.29 is 4.79 Å². The summed E-state index contributed by atoms with van der Waals surface area (Å²) in [5.74, 6) is -0.0597. The first-order valence-corrected chi connectivity index (χ1v) is 7.64. The predicted octanol–water partition coefficient (Wildman–Crippen LogP) is 2.99. The Morgan fingerprint density at radius 2 is 1.95 bits per heavy atom. The van der Waals surface area contributed by atoms with Gasteiger partial charge in [-0.25, -0.2) is 4.98 Å². The molecule has 2 N–H and O–H groups in total. The third kappa shape index (κ3) is 2.65. The number of hydrogen-bond donors (Lipinski definition) is 1. The first-order chi connectivity index (χ1) is 9.60. The van der Waals surface area contributed by atoms with Gasteiger partial charge in [0.15, 0.2) is 0 Å². The highest BCUT2D eigenvalue weighted by atomic mass is 16.1. The molecule has 0 spiro atoms. The Labute approximate surface area is 121 Å². The van der Waals surface area contributed by atoms with Crippen LogP contribution in [0.3, 0.4) is 0 Å². The number of carbonyl (C=O) groups is 1. The van der Waals surface area contributed by atoms with Crippen LogP contribution in [0.5, 0.6) is 0 Å². The number of nitrogens with zero attached hydrogens (tertiary/aromatic N) is 2. The van der Waals surface area contributed by atoms with Crippen LogP contribution >= 0.6 is 0 Å². The van der Waals surface area contributed by atoms with Crippen LogP contribution in [0.4, 0.5) is 5.69 Å². The molecule has 1 saturated heterocycles. The van der Waals surface area contributed by atoms with Gasteiger partial charge in [-0.2, -0.15) is 0 Å². The number of rotatable bonds is 5. The summed E-state index contributed by atoms with van der Waals surface area (Å²) in [7, 11) is 0. The normalized spacial score (nSPS) is 15.1. The highest BCUT2D eigenvalue weighted by Crippen LogP contribution is 2.34. The molecule has 1 fully saturated rings. The molecular formula is C16H25N3O. The van der Waals surface area contributed by atoms with Crippen LogP contribution in [0, 0.1) is 6.92 Å². The molecule has 4 heteroatoms. The van der Waals surface area contributed by atoms with Gasteiger partial charge < -0.3 is 10.6 Å². The van der Waals surface area contributed by atoms with Gasteiger partial charge in [0, 0.05) is 13.1 Å². The molecule has 0 aliphatic carbocycles. The molecule has 4 nitrogen and oxygen atoms in total. The van der Waals surface area contributed by atoms with Gasteiger partial charge in [-0.3, -0.25) is 4.79 Å². The average molecular weight is 275 g/mol. The number of pyridine rings is 1. The van der Waals surface area contributed by atoms with E-state index in [1.807, 2.05) is 6.20 Å². The van der Waals surface area contributed by atoms with Gasteiger partial charge in [-0.05, 0) is 49.7 Å². The first kappa shape index (κ1) is 14.8. The van der Waals surface area contributed by atoms with Crippen LogP contribution < -0.4 is 10.6 Å². The minimum Gasteiger partial charge on any atom is -0.370 e. The van der Waals surface area contributed by atoms with E-state index in [1.165, 1.54) is 24.1 Å². The van der Waals surface area contributed by atoms with Gasteiger partial charge in [-0.15, -0.1) is 0 Å². The fraction of sp³-hybridized carbons (Fsp3) is 0.625. The number of nitrogens with two attached hydrogens (primary N) is 1.